The molecule has 1 aromatic heterocycles. The lowest BCUT2D eigenvalue weighted by molar-refractivity contribution is -0.384. The van der Waals surface area contributed by atoms with Crippen LogP contribution in [0.2, 0.25) is 0 Å². The molecule has 0 aliphatic carbocycles. The summed E-state index contributed by atoms with van der Waals surface area (Å²) in [4.78, 5) is 50.2. The highest BCUT2D eigenvalue weighted by Gasteiger charge is 2.37. The summed E-state index contributed by atoms with van der Waals surface area (Å²) in [5.41, 5.74) is 3.07. The number of urea groups is 1. The van der Waals surface area contributed by atoms with Crippen molar-refractivity contribution in [1.29, 1.82) is 0 Å². The van der Waals surface area contributed by atoms with E-state index in [9.17, 15) is 24.5 Å². The van der Waals surface area contributed by atoms with Gasteiger partial charge in [0.1, 0.15) is 11.3 Å². The summed E-state index contributed by atoms with van der Waals surface area (Å²) >= 11 is 3.39. The summed E-state index contributed by atoms with van der Waals surface area (Å²) in [7, 11) is 1.46. The fourth-order valence-corrected chi connectivity index (χ4v) is 4.33. The second-order valence-corrected chi connectivity index (χ2v) is 9.02. The fraction of sp³-hybridized carbons (Fsp3) is 0.160. The number of aryl methyl sites for hydroxylation is 2. The third-order valence-electron chi connectivity index (χ3n) is 5.89. The molecule has 4 amide bonds. The van der Waals surface area contributed by atoms with Gasteiger partial charge in [0.25, 0.3) is 17.5 Å². The Hall–Kier alpha value is -4.25. The van der Waals surface area contributed by atoms with Crippen LogP contribution in [0.5, 0.6) is 5.75 Å². The third kappa shape index (κ3) is 4.29. The maximum atomic E-state index is 13.3. The number of barbiturate groups is 1. The topological polar surface area (TPSA) is 124 Å². The lowest BCUT2D eigenvalue weighted by atomic mass is 10.1. The molecule has 1 saturated heterocycles. The van der Waals surface area contributed by atoms with Crippen LogP contribution in [0, 0.1) is 30.9 Å². The number of non-ortho nitro benzene ring substituents is 1. The molecule has 1 fully saturated rings. The number of carbonyl (C=O) groups excluding carboxylic acids is 3. The van der Waals surface area contributed by atoms with Crippen LogP contribution in [0.4, 0.5) is 16.2 Å². The monoisotopic (exact) mass is 552 g/mol. The highest BCUT2D eigenvalue weighted by molar-refractivity contribution is 9.10. The fourth-order valence-electron chi connectivity index (χ4n) is 4.09. The molecule has 0 bridgehead atoms. The molecule has 3 aromatic rings. The second kappa shape index (κ2) is 9.42. The minimum Gasteiger partial charge on any atom is -0.495 e. The number of hydrogen-bond donors (Lipinski definition) is 1. The van der Waals surface area contributed by atoms with Crippen LogP contribution >= 0.6 is 15.9 Å². The van der Waals surface area contributed by atoms with E-state index in [0.717, 1.165) is 14.9 Å². The maximum Gasteiger partial charge on any atom is 0.335 e. The summed E-state index contributed by atoms with van der Waals surface area (Å²) in [5.74, 6) is -1.16. The van der Waals surface area contributed by atoms with Crippen LogP contribution in [0.15, 0.2) is 52.5 Å². The average Bonchev–Trinajstić information content (AvgIpc) is 3.10. The predicted octanol–water partition coefficient (Wildman–Crippen LogP) is 4.75. The molecule has 0 radical (unpaired) electrons. The van der Waals surface area contributed by atoms with Gasteiger partial charge in [-0.3, -0.25) is 25.0 Å². The first-order valence-corrected chi connectivity index (χ1v) is 11.5. The number of halogens is 1. The predicted molar refractivity (Wildman–Crippen MR) is 136 cm³/mol. The zero-order valence-electron chi connectivity index (χ0n) is 19.8. The van der Waals surface area contributed by atoms with Crippen molar-refractivity contribution in [2.24, 2.45) is 0 Å². The van der Waals surface area contributed by atoms with Gasteiger partial charge in [-0.25, -0.2) is 9.69 Å². The van der Waals surface area contributed by atoms with Crippen LogP contribution < -0.4 is 15.0 Å². The number of nitrogens with zero attached hydrogens (tertiary/aromatic N) is 3. The van der Waals surface area contributed by atoms with Gasteiger partial charge >= 0.3 is 6.03 Å². The summed E-state index contributed by atoms with van der Waals surface area (Å²) < 4.78 is 7.96. The largest absolute Gasteiger partial charge is 0.495 e. The van der Waals surface area contributed by atoms with E-state index >= 15 is 0 Å². The number of ether oxygens (including phenoxy) is 1. The van der Waals surface area contributed by atoms with E-state index < -0.39 is 22.8 Å². The smallest absolute Gasteiger partial charge is 0.335 e. The normalized spacial score (nSPS) is 14.9. The quantitative estimate of drug-likeness (QED) is 0.211. The van der Waals surface area contributed by atoms with Gasteiger partial charge in [0, 0.05) is 28.0 Å². The van der Waals surface area contributed by atoms with E-state index in [1.54, 1.807) is 42.7 Å². The lowest BCUT2D eigenvalue weighted by Crippen LogP contribution is -2.54. The Labute approximate surface area is 214 Å². The molecule has 36 heavy (non-hydrogen) atoms. The van der Waals surface area contributed by atoms with Gasteiger partial charge in [-0.2, -0.15) is 0 Å². The van der Waals surface area contributed by atoms with Gasteiger partial charge in [0.2, 0.25) is 0 Å². The van der Waals surface area contributed by atoms with Crippen molar-refractivity contribution in [3.05, 3.63) is 85.1 Å². The molecule has 1 N–H and O–H groups in total. The highest BCUT2D eigenvalue weighted by atomic mass is 79.9. The van der Waals surface area contributed by atoms with Crippen LogP contribution in [0.1, 0.15) is 22.5 Å². The summed E-state index contributed by atoms with van der Waals surface area (Å²) in [6.07, 6.45) is 1.41. The second-order valence-electron chi connectivity index (χ2n) is 8.17. The first kappa shape index (κ1) is 24.9. The minimum absolute atomic E-state index is 0.112. The summed E-state index contributed by atoms with van der Waals surface area (Å²) in [6.45, 7) is 5.36. The van der Waals surface area contributed by atoms with Gasteiger partial charge in [-0.15, -0.1) is 0 Å². The number of carbonyl (C=O) groups is 3. The maximum absolute atomic E-state index is 13.3. The van der Waals surface area contributed by atoms with Crippen molar-refractivity contribution in [2.45, 2.75) is 20.8 Å². The number of hydrogen-bond acceptors (Lipinski definition) is 6. The van der Waals surface area contributed by atoms with Gasteiger partial charge < -0.3 is 9.30 Å². The zero-order valence-corrected chi connectivity index (χ0v) is 21.4. The Morgan fingerprint density at radius 1 is 1.06 bits per heavy atom. The number of nitrogens with one attached hydrogen (secondary N) is 1. The molecule has 11 heteroatoms. The Balaban J connectivity index is 1.81. The zero-order chi connectivity index (χ0) is 26.3. The minimum atomic E-state index is -0.837. The van der Waals surface area contributed by atoms with Crippen LogP contribution in [0.25, 0.3) is 11.8 Å². The van der Waals surface area contributed by atoms with Crippen LogP contribution in [-0.4, -0.2) is 34.4 Å². The summed E-state index contributed by atoms with van der Waals surface area (Å²) in [6, 6.07) is 10.1. The summed E-state index contributed by atoms with van der Waals surface area (Å²) in [5, 5.41) is 13.6. The Kier molecular flexibility index (Phi) is 6.51. The number of imide groups is 2. The Morgan fingerprint density at radius 3 is 2.42 bits per heavy atom. The van der Waals surface area contributed by atoms with E-state index in [1.807, 2.05) is 6.92 Å². The number of nitro benzene ring substituents is 1. The van der Waals surface area contributed by atoms with Crippen molar-refractivity contribution < 1.29 is 24.0 Å². The molecule has 4 rings (SSSR count). The molecule has 2 heterocycles. The van der Waals surface area contributed by atoms with E-state index in [4.69, 9.17) is 4.74 Å². The lowest BCUT2D eigenvalue weighted by Gasteiger charge is -2.26. The van der Waals surface area contributed by atoms with Gasteiger partial charge in [-0.1, -0.05) is 15.9 Å². The van der Waals surface area contributed by atoms with Crippen molar-refractivity contribution in [3.8, 4) is 11.4 Å². The number of rotatable bonds is 5. The van der Waals surface area contributed by atoms with Gasteiger partial charge in [-0.05, 0) is 68.3 Å². The molecule has 0 unspecified atom stereocenters. The number of aromatic nitrogens is 1. The first-order chi connectivity index (χ1) is 17.0. The van der Waals surface area contributed by atoms with E-state index in [0.29, 0.717) is 34.1 Å². The molecule has 1 aliphatic rings. The van der Waals surface area contributed by atoms with Crippen LogP contribution in [-0.2, 0) is 9.59 Å². The molecule has 2 aromatic carbocycles. The average molecular weight is 553 g/mol. The van der Waals surface area contributed by atoms with Crippen LogP contribution in [0.3, 0.4) is 0 Å². The van der Waals surface area contributed by atoms with E-state index in [-0.39, 0.29) is 11.3 Å². The number of benzene rings is 2. The van der Waals surface area contributed by atoms with Crippen molar-refractivity contribution in [3.63, 3.8) is 0 Å². The Morgan fingerprint density at radius 2 is 1.78 bits per heavy atom. The molecular formula is C25H21BrN4O6. The number of anilines is 1. The molecule has 184 valence electrons. The van der Waals surface area contributed by atoms with Gasteiger partial charge in [0.05, 0.1) is 23.4 Å². The van der Waals surface area contributed by atoms with Gasteiger partial charge in [0.15, 0.2) is 0 Å². The van der Waals surface area contributed by atoms with Crippen molar-refractivity contribution >= 4 is 51.2 Å². The number of amides is 4. The molecule has 10 nitrogen and oxygen atoms in total. The molecular weight excluding hydrogens is 532 g/mol. The molecule has 0 atom stereocenters. The third-order valence-corrected chi connectivity index (χ3v) is 6.78. The Bertz CT molecular complexity index is 1490. The molecule has 0 spiro atoms. The number of methoxy groups -OCH3 is 1. The molecule has 0 saturated carbocycles. The van der Waals surface area contributed by atoms with E-state index in [2.05, 4.69) is 21.2 Å². The van der Waals surface area contributed by atoms with Crippen molar-refractivity contribution in [1.82, 2.24) is 9.88 Å². The molecule has 1 aliphatic heterocycles. The van der Waals surface area contributed by atoms with Crippen molar-refractivity contribution in [2.75, 3.05) is 12.0 Å². The standard InChI is InChI=1S/C25H21BrN4O6/c1-13-9-17(5-7-20(13)26)29-24(32)19(23(31)27-25(29)33)11-16-10-14(2)28(15(16)3)21-12-18(30(34)35)6-8-22(21)36-4/h5-12H,1-4H3,(H,27,31,33)/b19-11+. The number of nitro groups is 1. The first-order valence-electron chi connectivity index (χ1n) is 10.7. The highest BCUT2D eigenvalue weighted by Crippen LogP contribution is 2.33. The SMILES string of the molecule is COc1ccc([N+](=O)[O-])cc1-n1c(C)cc(/C=C2\C(=O)NC(=O)N(c3ccc(Br)c(C)c3)C2=O)c1C. The van der Waals surface area contributed by atoms with E-state index in [1.165, 1.54) is 31.4 Å².